The lowest BCUT2D eigenvalue weighted by Crippen LogP contribution is -2.18. The van der Waals surface area contributed by atoms with Crippen molar-refractivity contribution in [3.63, 3.8) is 0 Å². The summed E-state index contributed by atoms with van der Waals surface area (Å²) in [5, 5.41) is 8.79. The molecular weight excluding hydrogens is 270 g/mol. The molecule has 1 aromatic rings. The zero-order chi connectivity index (χ0) is 15.2. The monoisotopic (exact) mass is 291 g/mol. The number of hydrogen-bond donors (Lipinski definition) is 3. The number of anilines is 2. The van der Waals surface area contributed by atoms with Gasteiger partial charge in [-0.05, 0) is 43.6 Å². The molecule has 0 aromatic heterocycles. The van der Waals surface area contributed by atoms with Crippen LogP contribution in [-0.2, 0) is 9.59 Å². The fourth-order valence-electron chi connectivity index (χ4n) is 2.44. The topological polar surface area (TPSA) is 79.5 Å². The number of carbonyl (C=O) groups excluding carboxylic acids is 2. The molecule has 6 heteroatoms. The Bertz CT molecular complexity index is 525. The summed E-state index contributed by atoms with van der Waals surface area (Å²) in [4.78, 5) is 23.2. The molecule has 114 valence electrons. The molecule has 0 spiro atoms. The first-order valence-corrected chi connectivity index (χ1v) is 7.04. The van der Waals surface area contributed by atoms with Gasteiger partial charge < -0.3 is 20.7 Å². The van der Waals surface area contributed by atoms with Crippen molar-refractivity contribution < 1.29 is 14.3 Å². The first-order chi connectivity index (χ1) is 10.1. The Labute approximate surface area is 124 Å². The van der Waals surface area contributed by atoms with Crippen LogP contribution < -0.4 is 20.7 Å². The zero-order valence-electron chi connectivity index (χ0n) is 12.4. The van der Waals surface area contributed by atoms with Gasteiger partial charge in [-0.25, -0.2) is 0 Å². The summed E-state index contributed by atoms with van der Waals surface area (Å²) in [5.41, 5.74) is 1.20. The average Bonchev–Trinajstić information content (AvgIpc) is 2.91. The van der Waals surface area contributed by atoms with Crippen molar-refractivity contribution in [3.8, 4) is 5.75 Å². The third kappa shape index (κ3) is 4.46. The summed E-state index contributed by atoms with van der Waals surface area (Å²) in [6, 6.07) is 5.15. The van der Waals surface area contributed by atoms with Gasteiger partial charge in [0.2, 0.25) is 11.8 Å². The van der Waals surface area contributed by atoms with Crippen molar-refractivity contribution in [1.82, 2.24) is 5.32 Å². The van der Waals surface area contributed by atoms with Gasteiger partial charge in [0.25, 0.3) is 0 Å². The molecule has 1 heterocycles. The predicted octanol–water partition coefficient (Wildman–Crippen LogP) is 1.59. The molecule has 1 fully saturated rings. The van der Waals surface area contributed by atoms with E-state index >= 15 is 0 Å². The van der Waals surface area contributed by atoms with Crippen LogP contribution in [-0.4, -0.2) is 32.0 Å². The van der Waals surface area contributed by atoms with E-state index < -0.39 is 0 Å². The second-order valence-electron chi connectivity index (χ2n) is 5.21. The van der Waals surface area contributed by atoms with Gasteiger partial charge in [0.05, 0.1) is 12.8 Å². The maximum atomic E-state index is 12.1. The van der Waals surface area contributed by atoms with Crippen LogP contribution in [0.2, 0.25) is 0 Å². The molecule has 2 amide bonds. The summed E-state index contributed by atoms with van der Waals surface area (Å²) in [7, 11) is 1.55. The lowest BCUT2D eigenvalue weighted by atomic mass is 10.0. The van der Waals surface area contributed by atoms with E-state index in [9.17, 15) is 9.59 Å². The number of benzene rings is 1. The molecule has 6 nitrogen and oxygen atoms in total. The largest absolute Gasteiger partial charge is 0.495 e. The van der Waals surface area contributed by atoms with Crippen LogP contribution in [0.5, 0.6) is 5.75 Å². The van der Waals surface area contributed by atoms with Crippen molar-refractivity contribution in [3.05, 3.63) is 18.2 Å². The Morgan fingerprint density at radius 1 is 1.38 bits per heavy atom. The number of ether oxygens (including phenoxy) is 1. The fourth-order valence-corrected chi connectivity index (χ4v) is 2.44. The highest BCUT2D eigenvalue weighted by molar-refractivity contribution is 5.95. The van der Waals surface area contributed by atoms with Crippen LogP contribution in [0.3, 0.4) is 0 Å². The Balaban J connectivity index is 2.05. The van der Waals surface area contributed by atoms with Gasteiger partial charge in [-0.15, -0.1) is 0 Å². The van der Waals surface area contributed by atoms with Gasteiger partial charge in [-0.3, -0.25) is 9.59 Å². The Hall–Kier alpha value is -2.08. The third-order valence-electron chi connectivity index (χ3n) is 3.43. The summed E-state index contributed by atoms with van der Waals surface area (Å²) in [6.45, 7) is 3.30. The lowest BCUT2D eigenvalue weighted by Gasteiger charge is -2.13. The van der Waals surface area contributed by atoms with Gasteiger partial charge >= 0.3 is 0 Å². The number of hydrogen-bond acceptors (Lipinski definition) is 4. The highest BCUT2D eigenvalue weighted by Gasteiger charge is 2.19. The molecule has 1 aliphatic heterocycles. The van der Waals surface area contributed by atoms with E-state index in [0.717, 1.165) is 19.5 Å². The van der Waals surface area contributed by atoms with Crippen molar-refractivity contribution in [2.75, 3.05) is 30.8 Å². The normalized spacial score (nSPS) is 17.3. The van der Waals surface area contributed by atoms with Gasteiger partial charge in [0.1, 0.15) is 5.75 Å². The smallest absolute Gasteiger partial charge is 0.224 e. The van der Waals surface area contributed by atoms with Crippen molar-refractivity contribution in [2.24, 2.45) is 5.92 Å². The van der Waals surface area contributed by atoms with E-state index in [1.54, 1.807) is 25.3 Å². The molecule has 1 atom stereocenters. The maximum absolute atomic E-state index is 12.1. The van der Waals surface area contributed by atoms with Crippen molar-refractivity contribution in [1.29, 1.82) is 0 Å². The quantitative estimate of drug-likeness (QED) is 0.769. The van der Waals surface area contributed by atoms with E-state index in [4.69, 9.17) is 4.74 Å². The average molecular weight is 291 g/mol. The molecule has 1 unspecified atom stereocenters. The SMILES string of the molecule is COc1ccc(NC(C)=O)cc1NC(=O)CC1CCNC1. The number of rotatable bonds is 5. The summed E-state index contributed by atoms with van der Waals surface area (Å²) < 4.78 is 5.24. The van der Waals surface area contributed by atoms with Crippen LogP contribution in [0.1, 0.15) is 19.8 Å². The molecule has 0 saturated carbocycles. The second-order valence-corrected chi connectivity index (χ2v) is 5.21. The van der Waals surface area contributed by atoms with Crippen molar-refractivity contribution >= 4 is 23.2 Å². The summed E-state index contributed by atoms with van der Waals surface area (Å²) in [5.74, 6) is 0.757. The number of amides is 2. The highest BCUT2D eigenvalue weighted by Crippen LogP contribution is 2.28. The zero-order valence-corrected chi connectivity index (χ0v) is 12.4. The molecule has 0 bridgehead atoms. The third-order valence-corrected chi connectivity index (χ3v) is 3.43. The molecular formula is C15H21N3O3. The second kappa shape index (κ2) is 7.08. The first-order valence-electron chi connectivity index (χ1n) is 7.04. The highest BCUT2D eigenvalue weighted by atomic mass is 16.5. The Morgan fingerprint density at radius 3 is 2.81 bits per heavy atom. The summed E-state index contributed by atoms with van der Waals surface area (Å²) >= 11 is 0. The molecule has 0 aliphatic carbocycles. The van der Waals surface area contributed by atoms with E-state index in [2.05, 4.69) is 16.0 Å². The molecule has 3 N–H and O–H groups in total. The molecule has 21 heavy (non-hydrogen) atoms. The number of methoxy groups -OCH3 is 1. The van der Waals surface area contributed by atoms with E-state index in [0.29, 0.717) is 29.5 Å². The number of carbonyl (C=O) groups is 2. The van der Waals surface area contributed by atoms with Crippen LogP contribution in [0, 0.1) is 5.92 Å². The molecule has 1 aromatic carbocycles. The minimum Gasteiger partial charge on any atom is -0.495 e. The molecule has 0 radical (unpaired) electrons. The Morgan fingerprint density at radius 2 is 2.19 bits per heavy atom. The Kier molecular flexibility index (Phi) is 5.16. The van der Waals surface area contributed by atoms with Crippen LogP contribution >= 0.6 is 0 Å². The minimum absolute atomic E-state index is 0.0398. The first kappa shape index (κ1) is 15.3. The van der Waals surface area contributed by atoms with Gasteiger partial charge in [0.15, 0.2) is 0 Å². The number of nitrogens with one attached hydrogen (secondary N) is 3. The standard InChI is InChI=1S/C15H21N3O3/c1-10(19)17-12-3-4-14(21-2)13(8-12)18-15(20)7-11-5-6-16-9-11/h3-4,8,11,16H,5-7,9H2,1-2H3,(H,17,19)(H,18,20). The van der Waals surface area contributed by atoms with Crippen LogP contribution in [0.15, 0.2) is 18.2 Å². The molecule has 1 saturated heterocycles. The van der Waals surface area contributed by atoms with Crippen LogP contribution in [0.4, 0.5) is 11.4 Å². The summed E-state index contributed by atoms with van der Waals surface area (Å²) in [6.07, 6.45) is 1.51. The molecule has 2 rings (SSSR count). The van der Waals surface area contributed by atoms with E-state index in [-0.39, 0.29) is 11.8 Å². The van der Waals surface area contributed by atoms with E-state index in [1.165, 1.54) is 6.92 Å². The molecule has 1 aliphatic rings. The van der Waals surface area contributed by atoms with Gasteiger partial charge in [-0.1, -0.05) is 0 Å². The minimum atomic E-state index is -0.158. The van der Waals surface area contributed by atoms with Crippen LogP contribution in [0.25, 0.3) is 0 Å². The van der Waals surface area contributed by atoms with Crippen molar-refractivity contribution in [2.45, 2.75) is 19.8 Å². The van der Waals surface area contributed by atoms with Gasteiger partial charge in [0, 0.05) is 19.0 Å². The predicted molar refractivity (Wildman–Crippen MR) is 81.5 cm³/mol. The fraction of sp³-hybridized carbons (Fsp3) is 0.467. The maximum Gasteiger partial charge on any atom is 0.224 e. The van der Waals surface area contributed by atoms with Gasteiger partial charge in [-0.2, -0.15) is 0 Å². The lowest BCUT2D eigenvalue weighted by molar-refractivity contribution is -0.117. The van der Waals surface area contributed by atoms with E-state index in [1.807, 2.05) is 0 Å².